The lowest BCUT2D eigenvalue weighted by atomic mass is 10.3. The zero-order valence-electron chi connectivity index (χ0n) is 18.5. The van der Waals surface area contributed by atoms with Crippen molar-refractivity contribution >= 4 is 33.4 Å². The second-order valence-corrected chi connectivity index (χ2v) is 10.9. The van der Waals surface area contributed by atoms with Gasteiger partial charge in [-0.2, -0.15) is 4.31 Å². The molecule has 0 bridgehead atoms. The van der Waals surface area contributed by atoms with Crippen molar-refractivity contribution in [3.63, 3.8) is 0 Å². The molecule has 1 atom stereocenters. The average Bonchev–Trinajstić information content (AvgIpc) is 3.52. The summed E-state index contributed by atoms with van der Waals surface area (Å²) in [6.45, 7) is 2.92. The third kappa shape index (κ3) is 5.23. The molecule has 10 heteroatoms. The van der Waals surface area contributed by atoms with Crippen LogP contribution in [0.15, 0.2) is 71.0 Å². The number of anilines is 1. The van der Waals surface area contributed by atoms with Crippen LogP contribution in [0.1, 0.15) is 19.8 Å². The van der Waals surface area contributed by atoms with Gasteiger partial charge in [0, 0.05) is 36.9 Å². The first-order valence-corrected chi connectivity index (χ1v) is 13.0. The molecule has 174 valence electrons. The normalized spacial score (nSPS) is 15.3. The number of sulfonamides is 1. The highest BCUT2D eigenvalue weighted by Gasteiger charge is 2.27. The van der Waals surface area contributed by atoms with Crippen LogP contribution in [-0.4, -0.2) is 53.6 Å². The quantitative estimate of drug-likeness (QED) is 0.487. The van der Waals surface area contributed by atoms with Crippen molar-refractivity contribution in [2.75, 3.05) is 25.5 Å². The van der Waals surface area contributed by atoms with E-state index in [-0.39, 0.29) is 10.8 Å². The summed E-state index contributed by atoms with van der Waals surface area (Å²) >= 11 is 1.34. The zero-order chi connectivity index (χ0) is 23.4. The van der Waals surface area contributed by atoms with Gasteiger partial charge in [0.05, 0.1) is 17.3 Å². The first-order valence-electron chi connectivity index (χ1n) is 10.6. The number of carbonyl (C=O) groups is 1. The van der Waals surface area contributed by atoms with Gasteiger partial charge in [-0.3, -0.25) is 9.36 Å². The smallest absolute Gasteiger partial charge is 0.243 e. The standard InChI is InChI=1S/C23H26N4O4S2/c1-17(32-23-24-13-16-27(23)19-7-9-20(31-2)10-8-19)22(28)25-18-5-11-21(12-6-18)33(29,30)26-14-3-4-15-26/h5-13,16-17H,3-4,14-15H2,1-2H3,(H,25,28)/t17-/m1/s1. The van der Waals surface area contributed by atoms with Gasteiger partial charge >= 0.3 is 0 Å². The molecule has 3 aromatic rings. The van der Waals surface area contributed by atoms with Crippen molar-refractivity contribution in [3.05, 3.63) is 60.9 Å². The molecule has 0 aliphatic carbocycles. The monoisotopic (exact) mass is 486 g/mol. The number of nitrogens with zero attached hydrogens (tertiary/aromatic N) is 3. The van der Waals surface area contributed by atoms with Crippen LogP contribution in [0.4, 0.5) is 5.69 Å². The van der Waals surface area contributed by atoms with E-state index in [1.807, 2.05) is 35.0 Å². The molecule has 0 spiro atoms. The minimum atomic E-state index is -3.47. The predicted octanol–water partition coefficient (Wildman–Crippen LogP) is 3.78. The fourth-order valence-corrected chi connectivity index (χ4v) is 5.96. The summed E-state index contributed by atoms with van der Waals surface area (Å²) in [5.41, 5.74) is 1.46. The fourth-order valence-electron chi connectivity index (χ4n) is 3.56. The lowest BCUT2D eigenvalue weighted by Gasteiger charge is -2.16. The highest BCUT2D eigenvalue weighted by Crippen LogP contribution is 2.27. The molecule has 1 aliphatic rings. The molecular formula is C23H26N4O4S2. The Hall–Kier alpha value is -2.82. The molecule has 8 nitrogen and oxygen atoms in total. The molecule has 1 aliphatic heterocycles. The Labute approximate surface area is 198 Å². The lowest BCUT2D eigenvalue weighted by molar-refractivity contribution is -0.115. The van der Waals surface area contributed by atoms with Crippen LogP contribution in [0.2, 0.25) is 0 Å². The molecular weight excluding hydrogens is 460 g/mol. The van der Waals surface area contributed by atoms with Crippen LogP contribution in [0.5, 0.6) is 5.75 Å². The minimum absolute atomic E-state index is 0.195. The lowest BCUT2D eigenvalue weighted by Crippen LogP contribution is -2.27. The minimum Gasteiger partial charge on any atom is -0.497 e. The number of nitrogens with one attached hydrogen (secondary N) is 1. The molecule has 2 heterocycles. The third-order valence-corrected chi connectivity index (χ3v) is 8.43. The van der Waals surface area contributed by atoms with Crippen LogP contribution in [0, 0.1) is 0 Å². The van der Waals surface area contributed by atoms with Gasteiger partial charge in [0.15, 0.2) is 5.16 Å². The number of hydrogen-bond donors (Lipinski definition) is 1. The number of thioether (sulfide) groups is 1. The Morgan fingerprint density at radius 3 is 2.39 bits per heavy atom. The number of aromatic nitrogens is 2. The Morgan fingerprint density at radius 1 is 1.09 bits per heavy atom. The van der Waals surface area contributed by atoms with Crippen molar-refractivity contribution in [2.45, 2.75) is 35.1 Å². The van der Waals surface area contributed by atoms with Crippen molar-refractivity contribution < 1.29 is 17.9 Å². The van der Waals surface area contributed by atoms with Crippen LogP contribution < -0.4 is 10.1 Å². The number of methoxy groups -OCH3 is 1. The van der Waals surface area contributed by atoms with E-state index in [1.54, 1.807) is 32.4 Å². The van der Waals surface area contributed by atoms with Gasteiger partial charge in [0.25, 0.3) is 0 Å². The maximum atomic E-state index is 12.7. The highest BCUT2D eigenvalue weighted by molar-refractivity contribution is 8.00. The van der Waals surface area contributed by atoms with E-state index >= 15 is 0 Å². The summed E-state index contributed by atoms with van der Waals surface area (Å²) in [5.74, 6) is 0.569. The molecule has 4 rings (SSSR count). The average molecular weight is 487 g/mol. The van der Waals surface area contributed by atoms with Crippen molar-refractivity contribution in [3.8, 4) is 11.4 Å². The molecule has 1 saturated heterocycles. The second-order valence-electron chi connectivity index (χ2n) is 7.66. The van der Waals surface area contributed by atoms with Crippen molar-refractivity contribution in [1.82, 2.24) is 13.9 Å². The molecule has 2 aromatic carbocycles. The summed E-state index contributed by atoms with van der Waals surface area (Å²) < 4.78 is 33.9. The number of imidazole rings is 1. The number of benzene rings is 2. The highest BCUT2D eigenvalue weighted by atomic mass is 32.2. The molecule has 0 unspecified atom stereocenters. The van der Waals surface area contributed by atoms with E-state index in [1.165, 1.54) is 28.2 Å². The first kappa shape index (κ1) is 23.3. The van der Waals surface area contributed by atoms with E-state index in [9.17, 15) is 13.2 Å². The summed E-state index contributed by atoms with van der Waals surface area (Å²) in [6.07, 6.45) is 5.31. The van der Waals surface area contributed by atoms with E-state index in [4.69, 9.17) is 4.74 Å². The van der Waals surface area contributed by atoms with Gasteiger partial charge in [-0.25, -0.2) is 13.4 Å². The topological polar surface area (TPSA) is 93.5 Å². The fraction of sp³-hybridized carbons (Fsp3) is 0.304. The Bertz CT molecular complexity index is 1200. The van der Waals surface area contributed by atoms with Gasteiger partial charge < -0.3 is 10.1 Å². The van der Waals surface area contributed by atoms with Gasteiger partial charge in [-0.15, -0.1) is 0 Å². The van der Waals surface area contributed by atoms with E-state index in [0.717, 1.165) is 24.3 Å². The number of amides is 1. The molecule has 0 saturated carbocycles. The number of ether oxygens (including phenoxy) is 1. The molecule has 1 N–H and O–H groups in total. The Morgan fingerprint density at radius 2 is 1.76 bits per heavy atom. The summed E-state index contributed by atoms with van der Waals surface area (Å²) in [7, 11) is -1.85. The number of carbonyl (C=O) groups excluding carboxylic acids is 1. The van der Waals surface area contributed by atoms with Gasteiger partial charge in [0.1, 0.15) is 5.75 Å². The third-order valence-electron chi connectivity index (χ3n) is 5.43. The predicted molar refractivity (Wildman–Crippen MR) is 128 cm³/mol. The zero-order valence-corrected chi connectivity index (χ0v) is 20.1. The first-order chi connectivity index (χ1) is 15.9. The SMILES string of the molecule is COc1ccc(-n2ccnc2S[C@H](C)C(=O)Nc2ccc(S(=O)(=O)N3CCCC3)cc2)cc1. The maximum Gasteiger partial charge on any atom is 0.243 e. The number of rotatable bonds is 8. The Kier molecular flexibility index (Phi) is 7.06. The molecule has 33 heavy (non-hydrogen) atoms. The molecule has 1 amide bonds. The summed E-state index contributed by atoms with van der Waals surface area (Å²) in [4.78, 5) is 17.4. The Balaban J connectivity index is 1.40. The maximum absolute atomic E-state index is 12.7. The van der Waals surface area contributed by atoms with Crippen LogP contribution in [0.25, 0.3) is 5.69 Å². The van der Waals surface area contributed by atoms with Crippen LogP contribution in [-0.2, 0) is 14.8 Å². The van der Waals surface area contributed by atoms with E-state index < -0.39 is 15.3 Å². The molecule has 1 aromatic heterocycles. The van der Waals surface area contributed by atoms with E-state index in [0.29, 0.717) is 23.9 Å². The van der Waals surface area contributed by atoms with Crippen LogP contribution in [0.3, 0.4) is 0 Å². The number of hydrogen-bond acceptors (Lipinski definition) is 6. The molecule has 0 radical (unpaired) electrons. The summed E-state index contributed by atoms with van der Waals surface area (Å²) in [6, 6.07) is 13.9. The second kappa shape index (κ2) is 9.98. The molecule has 1 fully saturated rings. The summed E-state index contributed by atoms with van der Waals surface area (Å²) in [5, 5.41) is 3.13. The van der Waals surface area contributed by atoms with Crippen molar-refractivity contribution in [1.29, 1.82) is 0 Å². The largest absolute Gasteiger partial charge is 0.497 e. The van der Waals surface area contributed by atoms with Gasteiger partial charge in [-0.1, -0.05) is 11.8 Å². The van der Waals surface area contributed by atoms with Gasteiger partial charge in [0.2, 0.25) is 15.9 Å². The van der Waals surface area contributed by atoms with Crippen molar-refractivity contribution in [2.24, 2.45) is 0 Å². The van der Waals surface area contributed by atoms with Gasteiger partial charge in [-0.05, 0) is 68.3 Å². The van der Waals surface area contributed by atoms with Crippen LogP contribution >= 0.6 is 11.8 Å². The van der Waals surface area contributed by atoms with E-state index in [2.05, 4.69) is 10.3 Å².